The zero-order valence-electron chi connectivity index (χ0n) is 7.99. The Morgan fingerprint density at radius 3 is 3.21 bits per heavy atom. The van der Waals surface area contributed by atoms with Gasteiger partial charge >= 0.3 is 0 Å². The van der Waals surface area contributed by atoms with E-state index >= 15 is 0 Å². The summed E-state index contributed by atoms with van der Waals surface area (Å²) in [5.74, 6) is 1.25. The van der Waals surface area contributed by atoms with Crippen LogP contribution in [-0.4, -0.2) is 18.3 Å². The molecule has 0 aliphatic heterocycles. The van der Waals surface area contributed by atoms with Gasteiger partial charge in [0.1, 0.15) is 0 Å². The molecule has 14 heavy (non-hydrogen) atoms. The van der Waals surface area contributed by atoms with Crippen LogP contribution in [0.4, 0.5) is 0 Å². The largest absolute Gasteiger partial charge is 0.274 e. The normalized spacial score (nSPS) is 10.1. The van der Waals surface area contributed by atoms with E-state index in [-0.39, 0.29) is 5.91 Å². The number of hydroxylamine groups is 1. The zero-order valence-corrected chi connectivity index (χ0v) is 9.62. The highest BCUT2D eigenvalue weighted by Crippen LogP contribution is 2.16. The van der Waals surface area contributed by atoms with Crippen molar-refractivity contribution in [1.82, 2.24) is 5.48 Å². The van der Waals surface area contributed by atoms with E-state index in [1.807, 2.05) is 18.4 Å². The van der Waals surface area contributed by atoms with E-state index in [1.165, 1.54) is 4.88 Å². The first-order chi connectivity index (χ1) is 6.83. The average Bonchev–Trinajstić information content (AvgIpc) is 2.67. The maximum Gasteiger partial charge on any atom is 0.253 e. The molecule has 0 fully saturated rings. The summed E-state index contributed by atoms with van der Waals surface area (Å²) in [4.78, 5) is 17.1. The number of hydrogen-bond acceptors (Lipinski definition) is 4. The Morgan fingerprint density at radius 1 is 1.71 bits per heavy atom. The minimum Gasteiger partial charge on any atom is -0.274 e. The van der Waals surface area contributed by atoms with Crippen molar-refractivity contribution in [2.45, 2.75) is 12.7 Å². The number of rotatable bonds is 6. The molecule has 1 N–H and O–H groups in total. The molecule has 1 heterocycles. The highest BCUT2D eigenvalue weighted by Gasteiger charge is 2.01. The van der Waals surface area contributed by atoms with Crippen LogP contribution in [0.5, 0.6) is 0 Å². The van der Waals surface area contributed by atoms with Crippen molar-refractivity contribution in [3.63, 3.8) is 0 Å². The number of thiophene rings is 1. The minimum atomic E-state index is -0.0755. The lowest BCUT2D eigenvalue weighted by Gasteiger charge is -2.02. The smallest absolute Gasteiger partial charge is 0.253 e. The fraction of sp³-hybridized carbons (Fsp3) is 0.444. The van der Waals surface area contributed by atoms with Crippen LogP contribution in [-0.2, 0) is 15.4 Å². The Kier molecular flexibility index (Phi) is 5.66. The Balaban J connectivity index is 2.06. The third-order valence-corrected chi connectivity index (χ3v) is 3.43. The monoisotopic (exact) mass is 231 g/mol. The fourth-order valence-electron chi connectivity index (χ4n) is 0.821. The second-order valence-electron chi connectivity index (χ2n) is 2.53. The molecular weight excluding hydrogens is 218 g/mol. The van der Waals surface area contributed by atoms with Gasteiger partial charge in [0.25, 0.3) is 5.91 Å². The van der Waals surface area contributed by atoms with Gasteiger partial charge in [-0.05, 0) is 18.4 Å². The third-order valence-electron chi connectivity index (χ3n) is 1.39. The molecule has 3 nitrogen and oxygen atoms in total. The molecule has 0 atom stereocenters. The molecule has 0 bridgehead atoms. The molecule has 5 heteroatoms. The standard InChI is InChI=1S/C9H13NO2S2/c1-2-12-10-9(11)7-13-6-8-4-3-5-14-8/h3-5H,2,6-7H2,1H3,(H,10,11). The first-order valence-electron chi connectivity index (χ1n) is 4.33. The van der Waals surface area contributed by atoms with Crippen LogP contribution in [0.15, 0.2) is 17.5 Å². The van der Waals surface area contributed by atoms with Gasteiger partial charge in [0, 0.05) is 10.6 Å². The summed E-state index contributed by atoms with van der Waals surface area (Å²) in [6, 6.07) is 4.08. The van der Waals surface area contributed by atoms with E-state index in [2.05, 4.69) is 11.5 Å². The van der Waals surface area contributed by atoms with Crippen molar-refractivity contribution in [3.05, 3.63) is 22.4 Å². The molecule has 1 amide bonds. The van der Waals surface area contributed by atoms with E-state index in [0.29, 0.717) is 12.4 Å². The van der Waals surface area contributed by atoms with Gasteiger partial charge < -0.3 is 0 Å². The lowest BCUT2D eigenvalue weighted by Crippen LogP contribution is -2.25. The molecule has 0 saturated carbocycles. The van der Waals surface area contributed by atoms with E-state index in [0.717, 1.165) is 5.75 Å². The van der Waals surface area contributed by atoms with E-state index < -0.39 is 0 Å². The van der Waals surface area contributed by atoms with Crippen LogP contribution >= 0.6 is 23.1 Å². The molecule has 0 saturated heterocycles. The van der Waals surface area contributed by atoms with Crippen molar-refractivity contribution in [1.29, 1.82) is 0 Å². The van der Waals surface area contributed by atoms with Gasteiger partial charge in [-0.15, -0.1) is 23.1 Å². The van der Waals surface area contributed by atoms with E-state index in [9.17, 15) is 4.79 Å². The lowest BCUT2D eigenvalue weighted by atomic mass is 10.5. The minimum absolute atomic E-state index is 0.0755. The van der Waals surface area contributed by atoms with Gasteiger partial charge in [-0.1, -0.05) is 6.07 Å². The van der Waals surface area contributed by atoms with Gasteiger partial charge in [-0.3, -0.25) is 9.63 Å². The van der Waals surface area contributed by atoms with Crippen LogP contribution < -0.4 is 5.48 Å². The van der Waals surface area contributed by atoms with Gasteiger partial charge in [0.15, 0.2) is 0 Å². The van der Waals surface area contributed by atoms with Gasteiger partial charge in [-0.2, -0.15) is 0 Å². The maximum absolute atomic E-state index is 11.1. The third kappa shape index (κ3) is 4.64. The highest BCUT2D eigenvalue weighted by atomic mass is 32.2. The molecule has 0 spiro atoms. The van der Waals surface area contributed by atoms with Crippen molar-refractivity contribution in [2.24, 2.45) is 0 Å². The molecule has 1 rings (SSSR count). The molecule has 1 aromatic heterocycles. The Morgan fingerprint density at radius 2 is 2.57 bits per heavy atom. The summed E-state index contributed by atoms with van der Waals surface area (Å²) in [5, 5.41) is 2.04. The molecule has 0 aromatic carbocycles. The first kappa shape index (κ1) is 11.6. The Hall–Kier alpha value is -0.520. The lowest BCUT2D eigenvalue weighted by molar-refractivity contribution is -0.130. The summed E-state index contributed by atoms with van der Waals surface area (Å²) in [6.45, 7) is 2.33. The SMILES string of the molecule is CCONC(=O)CSCc1cccs1. The second-order valence-corrected chi connectivity index (χ2v) is 4.55. The number of hydrogen-bond donors (Lipinski definition) is 1. The number of thioether (sulfide) groups is 1. The first-order valence-corrected chi connectivity index (χ1v) is 6.37. The molecule has 0 aliphatic rings. The van der Waals surface area contributed by atoms with Crippen molar-refractivity contribution >= 4 is 29.0 Å². The number of carbonyl (C=O) groups excluding carboxylic acids is 1. The van der Waals surface area contributed by atoms with Crippen LogP contribution in [0, 0.1) is 0 Å². The fourth-order valence-corrected chi connectivity index (χ4v) is 2.48. The van der Waals surface area contributed by atoms with Gasteiger partial charge in [0.2, 0.25) is 0 Å². The van der Waals surface area contributed by atoms with Crippen molar-refractivity contribution < 1.29 is 9.63 Å². The predicted octanol–water partition coefficient (Wildman–Crippen LogP) is 2.05. The Labute approximate surface area is 91.8 Å². The summed E-state index contributed by atoms with van der Waals surface area (Å²) in [5.41, 5.74) is 2.36. The number of amides is 1. The van der Waals surface area contributed by atoms with E-state index in [1.54, 1.807) is 23.1 Å². The summed E-state index contributed by atoms with van der Waals surface area (Å²) < 4.78 is 0. The molecular formula is C9H13NO2S2. The maximum atomic E-state index is 11.1. The average molecular weight is 231 g/mol. The second kappa shape index (κ2) is 6.86. The molecule has 1 aromatic rings. The summed E-state index contributed by atoms with van der Waals surface area (Å²) >= 11 is 3.30. The predicted molar refractivity (Wildman–Crippen MR) is 60.2 cm³/mol. The molecule has 0 aliphatic carbocycles. The van der Waals surface area contributed by atoms with Gasteiger partial charge in [0.05, 0.1) is 12.4 Å². The van der Waals surface area contributed by atoms with Crippen LogP contribution in [0.3, 0.4) is 0 Å². The van der Waals surface area contributed by atoms with Crippen LogP contribution in [0.1, 0.15) is 11.8 Å². The molecule has 78 valence electrons. The van der Waals surface area contributed by atoms with Crippen molar-refractivity contribution in [2.75, 3.05) is 12.4 Å². The topological polar surface area (TPSA) is 38.3 Å². The van der Waals surface area contributed by atoms with Gasteiger partial charge in [-0.25, -0.2) is 5.48 Å². The quantitative estimate of drug-likeness (QED) is 0.761. The zero-order chi connectivity index (χ0) is 10.2. The Bertz CT molecular complexity index is 262. The summed E-state index contributed by atoms with van der Waals surface area (Å²) in [7, 11) is 0. The number of nitrogens with one attached hydrogen (secondary N) is 1. The molecule has 0 radical (unpaired) electrons. The highest BCUT2D eigenvalue weighted by molar-refractivity contribution is 7.99. The van der Waals surface area contributed by atoms with Crippen LogP contribution in [0.2, 0.25) is 0 Å². The van der Waals surface area contributed by atoms with E-state index in [4.69, 9.17) is 4.84 Å². The summed E-state index contributed by atoms with van der Waals surface area (Å²) in [6.07, 6.45) is 0. The van der Waals surface area contributed by atoms with Crippen molar-refractivity contribution in [3.8, 4) is 0 Å². The molecule has 0 unspecified atom stereocenters. The number of carbonyl (C=O) groups is 1. The van der Waals surface area contributed by atoms with Crippen LogP contribution in [0.25, 0.3) is 0 Å².